The molecule has 2 heterocycles. The third kappa shape index (κ3) is 2.84. The first-order chi connectivity index (χ1) is 12.5. The van der Waals surface area contributed by atoms with Crippen molar-refractivity contribution in [3.05, 3.63) is 81.0 Å². The summed E-state index contributed by atoms with van der Waals surface area (Å²) in [5.41, 5.74) is 2.33. The highest BCUT2D eigenvalue weighted by Crippen LogP contribution is 2.37. The van der Waals surface area contributed by atoms with Crippen molar-refractivity contribution in [2.24, 2.45) is 0 Å². The van der Waals surface area contributed by atoms with Crippen LogP contribution >= 0.6 is 11.8 Å². The largest absolute Gasteiger partial charge is 0.423 e. The first-order valence-corrected chi connectivity index (χ1v) is 8.77. The third-order valence-corrected chi connectivity index (χ3v) is 4.99. The summed E-state index contributed by atoms with van der Waals surface area (Å²) < 4.78 is 5.18. The number of benzene rings is 2. The van der Waals surface area contributed by atoms with Crippen LogP contribution in [-0.4, -0.2) is 11.1 Å². The number of amides is 1. The molecule has 1 saturated heterocycles. The smallest absolute Gasteiger partial charge is 0.336 e. The molecule has 1 N–H and O–H groups in total. The zero-order valence-corrected chi connectivity index (χ0v) is 14.7. The Kier molecular flexibility index (Phi) is 3.97. The number of carbonyl (C=O) groups excluding carboxylic acids is 1. The van der Waals surface area contributed by atoms with E-state index in [1.165, 1.54) is 11.0 Å². The van der Waals surface area contributed by atoms with E-state index in [9.17, 15) is 9.59 Å². The van der Waals surface area contributed by atoms with Crippen molar-refractivity contribution < 1.29 is 9.21 Å². The highest BCUT2D eigenvalue weighted by molar-refractivity contribution is 8.19. The van der Waals surface area contributed by atoms with Gasteiger partial charge in [0.2, 0.25) is 0 Å². The van der Waals surface area contributed by atoms with Crippen LogP contribution in [0.25, 0.3) is 17.0 Å². The third-order valence-electron chi connectivity index (χ3n) is 4.10. The molecular weight excluding hydrogens is 348 g/mol. The van der Waals surface area contributed by atoms with Gasteiger partial charge in [0.1, 0.15) is 5.58 Å². The molecule has 0 saturated carbocycles. The maximum absolute atomic E-state index is 12.9. The minimum atomic E-state index is -0.418. The number of nitrogens with one attached hydrogen (secondary N) is 1. The number of rotatable bonds is 2. The zero-order chi connectivity index (χ0) is 18.3. The van der Waals surface area contributed by atoms with E-state index in [1.807, 2.05) is 37.3 Å². The molecular formula is C20H14N2O3S. The first kappa shape index (κ1) is 16.4. The molecule has 1 aliphatic heterocycles. The molecule has 4 rings (SSSR count). The Labute approximate surface area is 153 Å². The van der Waals surface area contributed by atoms with Gasteiger partial charge < -0.3 is 4.42 Å². The number of amidine groups is 1. The second kappa shape index (κ2) is 6.31. The lowest BCUT2D eigenvalue weighted by Gasteiger charge is -2.17. The quantitative estimate of drug-likeness (QED) is 0.549. The number of hydrogen-bond donors (Lipinski definition) is 1. The lowest BCUT2D eigenvalue weighted by Crippen LogP contribution is -2.28. The fourth-order valence-electron chi connectivity index (χ4n) is 2.85. The molecule has 2 aromatic carbocycles. The van der Waals surface area contributed by atoms with E-state index in [2.05, 4.69) is 0 Å². The van der Waals surface area contributed by atoms with Crippen LogP contribution in [0.5, 0.6) is 0 Å². The lowest BCUT2D eigenvalue weighted by molar-refractivity contribution is -0.113. The van der Waals surface area contributed by atoms with Gasteiger partial charge in [-0.25, -0.2) is 4.79 Å². The molecule has 6 heteroatoms. The average Bonchev–Trinajstić information content (AvgIpc) is 2.89. The van der Waals surface area contributed by atoms with Crippen molar-refractivity contribution in [1.29, 1.82) is 5.41 Å². The molecule has 1 fully saturated rings. The van der Waals surface area contributed by atoms with Gasteiger partial charge in [-0.2, -0.15) is 0 Å². The normalized spacial score (nSPS) is 16.0. The second-order valence-corrected chi connectivity index (χ2v) is 6.93. The van der Waals surface area contributed by atoms with Crippen LogP contribution in [-0.2, 0) is 4.79 Å². The first-order valence-electron chi connectivity index (χ1n) is 7.95. The Morgan fingerprint density at radius 1 is 1.08 bits per heavy atom. The Balaban J connectivity index is 1.77. The number of fused-ring (bicyclic) bond motifs is 1. The van der Waals surface area contributed by atoms with Crippen molar-refractivity contribution in [2.45, 2.75) is 6.92 Å². The van der Waals surface area contributed by atoms with E-state index in [1.54, 1.807) is 24.3 Å². The molecule has 1 amide bonds. The minimum Gasteiger partial charge on any atom is -0.423 e. The van der Waals surface area contributed by atoms with Gasteiger partial charge in [0.15, 0.2) is 5.17 Å². The second-order valence-electron chi connectivity index (χ2n) is 5.90. The molecule has 0 atom stereocenters. The molecule has 1 aromatic heterocycles. The fraction of sp³-hybridized carbons (Fsp3) is 0.0500. The van der Waals surface area contributed by atoms with Crippen molar-refractivity contribution in [3.8, 4) is 0 Å². The van der Waals surface area contributed by atoms with Gasteiger partial charge in [0.25, 0.3) is 5.91 Å². The van der Waals surface area contributed by atoms with Gasteiger partial charge in [-0.05, 0) is 54.1 Å². The van der Waals surface area contributed by atoms with Crippen molar-refractivity contribution in [1.82, 2.24) is 0 Å². The monoisotopic (exact) mass is 362 g/mol. The summed E-state index contributed by atoms with van der Waals surface area (Å²) in [4.78, 5) is 26.2. The number of aryl methyl sites for hydroxylation is 1. The average molecular weight is 362 g/mol. The van der Waals surface area contributed by atoms with Crippen molar-refractivity contribution in [3.63, 3.8) is 0 Å². The van der Waals surface area contributed by atoms with Crippen LogP contribution in [0.15, 0.2) is 68.7 Å². The van der Waals surface area contributed by atoms with E-state index in [-0.39, 0.29) is 11.1 Å². The lowest BCUT2D eigenvalue weighted by atomic mass is 10.1. The van der Waals surface area contributed by atoms with E-state index in [0.717, 1.165) is 22.9 Å². The SMILES string of the molecule is Cc1cc2oc(=O)ccc2cc1N1C(=N)S/C(=C\c2ccccc2)C1=O. The highest BCUT2D eigenvalue weighted by Gasteiger charge is 2.34. The zero-order valence-electron chi connectivity index (χ0n) is 13.9. The topological polar surface area (TPSA) is 74.4 Å². The summed E-state index contributed by atoms with van der Waals surface area (Å²) in [5, 5.41) is 9.12. The van der Waals surface area contributed by atoms with E-state index in [4.69, 9.17) is 9.83 Å². The number of hydrogen-bond acceptors (Lipinski definition) is 5. The summed E-state index contributed by atoms with van der Waals surface area (Å²) in [6.07, 6.45) is 1.79. The molecule has 0 unspecified atom stereocenters. The van der Waals surface area contributed by atoms with Crippen LogP contribution in [0.3, 0.4) is 0 Å². The molecule has 3 aromatic rings. The Bertz CT molecular complexity index is 1130. The molecule has 0 aliphatic carbocycles. The fourth-order valence-corrected chi connectivity index (χ4v) is 3.71. The molecule has 1 aliphatic rings. The number of anilines is 1. The van der Waals surface area contributed by atoms with Crippen LogP contribution in [0, 0.1) is 12.3 Å². The van der Waals surface area contributed by atoms with Gasteiger partial charge in [-0.1, -0.05) is 30.3 Å². The van der Waals surface area contributed by atoms with Gasteiger partial charge >= 0.3 is 5.63 Å². The standard InChI is InChI=1S/C20H14N2O3S/c1-12-9-16-14(7-8-18(23)25-16)11-15(12)22-19(24)17(26-20(22)21)10-13-5-3-2-4-6-13/h2-11,21H,1H3/b17-10-,21-20?. The predicted molar refractivity (Wildman–Crippen MR) is 104 cm³/mol. The van der Waals surface area contributed by atoms with E-state index < -0.39 is 5.63 Å². The summed E-state index contributed by atoms with van der Waals surface area (Å²) in [6.45, 7) is 1.83. The Morgan fingerprint density at radius 2 is 1.85 bits per heavy atom. The molecule has 0 spiro atoms. The number of thioether (sulfide) groups is 1. The predicted octanol–water partition coefficient (Wildman–Crippen LogP) is 4.16. The van der Waals surface area contributed by atoms with Gasteiger partial charge in [0.05, 0.1) is 10.6 Å². The summed E-state index contributed by atoms with van der Waals surface area (Å²) in [5.74, 6) is -0.233. The summed E-state index contributed by atoms with van der Waals surface area (Å²) in [6, 6.07) is 16.0. The van der Waals surface area contributed by atoms with E-state index in [0.29, 0.717) is 21.6 Å². The molecule has 0 radical (unpaired) electrons. The van der Waals surface area contributed by atoms with E-state index >= 15 is 0 Å². The minimum absolute atomic E-state index is 0.150. The van der Waals surface area contributed by atoms with Crippen molar-refractivity contribution in [2.75, 3.05) is 4.90 Å². The Hall–Kier alpha value is -3.12. The Morgan fingerprint density at radius 3 is 2.62 bits per heavy atom. The van der Waals surface area contributed by atoms with Crippen LogP contribution in [0.2, 0.25) is 0 Å². The van der Waals surface area contributed by atoms with Crippen molar-refractivity contribution >= 4 is 45.6 Å². The van der Waals surface area contributed by atoms with Gasteiger partial charge in [-0.3, -0.25) is 15.1 Å². The van der Waals surface area contributed by atoms with Gasteiger partial charge in [-0.15, -0.1) is 0 Å². The molecule has 26 heavy (non-hydrogen) atoms. The number of carbonyl (C=O) groups is 1. The molecule has 5 nitrogen and oxygen atoms in total. The van der Waals surface area contributed by atoms with Crippen LogP contribution in [0.1, 0.15) is 11.1 Å². The molecule has 0 bridgehead atoms. The highest BCUT2D eigenvalue weighted by atomic mass is 32.2. The molecule has 128 valence electrons. The van der Waals surface area contributed by atoms with Crippen LogP contribution < -0.4 is 10.5 Å². The maximum atomic E-state index is 12.9. The maximum Gasteiger partial charge on any atom is 0.336 e. The summed E-state index contributed by atoms with van der Waals surface area (Å²) in [7, 11) is 0. The number of nitrogens with zero attached hydrogens (tertiary/aromatic N) is 1. The van der Waals surface area contributed by atoms with Crippen LogP contribution in [0.4, 0.5) is 5.69 Å². The summed E-state index contributed by atoms with van der Waals surface area (Å²) >= 11 is 1.14. The van der Waals surface area contributed by atoms with Gasteiger partial charge in [0, 0.05) is 11.5 Å².